The average molecular weight is 255 g/mol. The van der Waals surface area contributed by atoms with Gasteiger partial charge < -0.3 is 10.1 Å². The van der Waals surface area contributed by atoms with E-state index in [0.29, 0.717) is 12.1 Å². The summed E-state index contributed by atoms with van der Waals surface area (Å²) < 4.78 is 32.9. The molecule has 1 aromatic carbocycles. The summed E-state index contributed by atoms with van der Waals surface area (Å²) in [4.78, 5) is 0. The molecule has 0 aliphatic carbocycles. The summed E-state index contributed by atoms with van der Waals surface area (Å²) in [6, 6.07) is 4.02. The molecule has 1 saturated heterocycles. The van der Waals surface area contributed by atoms with Crippen LogP contribution in [-0.2, 0) is 4.74 Å². The molecule has 0 saturated carbocycles. The van der Waals surface area contributed by atoms with Crippen molar-refractivity contribution in [2.75, 3.05) is 6.54 Å². The van der Waals surface area contributed by atoms with Gasteiger partial charge in [-0.05, 0) is 32.4 Å². The number of benzene rings is 1. The zero-order valence-corrected chi connectivity index (χ0v) is 10.7. The molecule has 1 heterocycles. The first-order chi connectivity index (χ1) is 8.63. The van der Waals surface area contributed by atoms with Gasteiger partial charge in [0, 0.05) is 5.56 Å². The van der Waals surface area contributed by atoms with E-state index in [1.165, 1.54) is 6.07 Å². The molecule has 2 nitrogen and oxygen atoms in total. The topological polar surface area (TPSA) is 21.3 Å². The molecule has 3 unspecified atom stereocenters. The molecule has 1 fully saturated rings. The van der Waals surface area contributed by atoms with E-state index in [-0.39, 0.29) is 18.2 Å². The molecular weight excluding hydrogens is 236 g/mol. The lowest BCUT2D eigenvalue weighted by Crippen LogP contribution is -2.33. The Hall–Kier alpha value is -1.00. The summed E-state index contributed by atoms with van der Waals surface area (Å²) in [5.74, 6) is -1.58. The van der Waals surface area contributed by atoms with E-state index in [0.717, 1.165) is 18.9 Å². The maximum atomic E-state index is 13.9. The highest BCUT2D eigenvalue weighted by atomic mass is 19.2. The van der Waals surface area contributed by atoms with Crippen molar-refractivity contribution in [2.24, 2.45) is 0 Å². The van der Waals surface area contributed by atoms with Crippen LogP contribution in [0.1, 0.15) is 38.3 Å². The van der Waals surface area contributed by atoms with E-state index in [9.17, 15) is 8.78 Å². The molecule has 100 valence electrons. The molecule has 4 heteroatoms. The molecule has 0 radical (unpaired) electrons. The number of ether oxygens (including phenoxy) is 1. The van der Waals surface area contributed by atoms with Gasteiger partial charge in [-0.1, -0.05) is 19.1 Å². The van der Waals surface area contributed by atoms with Gasteiger partial charge in [-0.25, -0.2) is 8.78 Å². The van der Waals surface area contributed by atoms with Gasteiger partial charge in [-0.15, -0.1) is 0 Å². The number of halogens is 2. The minimum atomic E-state index is -0.804. The zero-order chi connectivity index (χ0) is 13.1. The summed E-state index contributed by atoms with van der Waals surface area (Å²) in [5.41, 5.74) is 0.357. The maximum Gasteiger partial charge on any atom is 0.163 e. The monoisotopic (exact) mass is 255 g/mol. The molecule has 2 rings (SSSR count). The van der Waals surface area contributed by atoms with Crippen LogP contribution in [0.15, 0.2) is 18.2 Å². The van der Waals surface area contributed by atoms with Crippen molar-refractivity contribution in [1.29, 1.82) is 0 Å². The van der Waals surface area contributed by atoms with Crippen molar-refractivity contribution in [2.45, 2.75) is 44.9 Å². The summed E-state index contributed by atoms with van der Waals surface area (Å²) in [7, 11) is 0. The van der Waals surface area contributed by atoms with Crippen LogP contribution in [0.25, 0.3) is 0 Å². The minimum Gasteiger partial charge on any atom is -0.373 e. The van der Waals surface area contributed by atoms with Crippen LogP contribution in [0.4, 0.5) is 8.78 Å². The number of rotatable bonds is 4. The Kier molecular flexibility index (Phi) is 4.30. The van der Waals surface area contributed by atoms with Crippen LogP contribution in [0.3, 0.4) is 0 Å². The quantitative estimate of drug-likeness (QED) is 0.892. The molecule has 0 amide bonds. The highest BCUT2D eigenvalue weighted by Crippen LogP contribution is 2.31. The molecule has 3 atom stereocenters. The fraction of sp³-hybridized carbons (Fsp3) is 0.571. The maximum absolute atomic E-state index is 13.9. The third kappa shape index (κ3) is 2.70. The minimum absolute atomic E-state index is 0.0868. The molecule has 1 N–H and O–H groups in total. The van der Waals surface area contributed by atoms with E-state index < -0.39 is 11.6 Å². The summed E-state index contributed by atoms with van der Waals surface area (Å²) in [6.07, 6.45) is 1.93. The highest BCUT2D eigenvalue weighted by Gasteiger charge is 2.32. The normalized spacial score (nSPS) is 25.3. The van der Waals surface area contributed by atoms with Crippen molar-refractivity contribution < 1.29 is 13.5 Å². The van der Waals surface area contributed by atoms with Gasteiger partial charge in [0.25, 0.3) is 0 Å². The van der Waals surface area contributed by atoms with Crippen molar-refractivity contribution in [3.8, 4) is 0 Å². The number of hydrogen-bond donors (Lipinski definition) is 1. The lowest BCUT2D eigenvalue weighted by molar-refractivity contribution is 0.0310. The van der Waals surface area contributed by atoms with E-state index in [2.05, 4.69) is 5.32 Å². The van der Waals surface area contributed by atoms with Crippen molar-refractivity contribution in [3.05, 3.63) is 35.4 Å². The van der Waals surface area contributed by atoms with Gasteiger partial charge in [0.15, 0.2) is 11.6 Å². The Balaban J connectivity index is 2.26. The predicted molar refractivity (Wildman–Crippen MR) is 66.3 cm³/mol. The highest BCUT2D eigenvalue weighted by molar-refractivity contribution is 5.24. The molecule has 1 aliphatic rings. The fourth-order valence-electron chi connectivity index (χ4n) is 2.50. The molecule has 0 bridgehead atoms. The number of hydrogen-bond acceptors (Lipinski definition) is 2. The van der Waals surface area contributed by atoms with Gasteiger partial charge in [0.05, 0.1) is 18.2 Å². The fourth-order valence-corrected chi connectivity index (χ4v) is 2.50. The van der Waals surface area contributed by atoms with E-state index in [1.54, 1.807) is 6.07 Å². The number of nitrogens with one attached hydrogen (secondary N) is 1. The van der Waals surface area contributed by atoms with Crippen LogP contribution in [0, 0.1) is 11.6 Å². The smallest absolute Gasteiger partial charge is 0.163 e. The van der Waals surface area contributed by atoms with E-state index >= 15 is 0 Å². The Morgan fingerprint density at radius 2 is 2.17 bits per heavy atom. The lowest BCUT2D eigenvalue weighted by Gasteiger charge is -2.25. The van der Waals surface area contributed by atoms with Crippen LogP contribution in [0.5, 0.6) is 0 Å². The van der Waals surface area contributed by atoms with Crippen molar-refractivity contribution in [3.63, 3.8) is 0 Å². The zero-order valence-electron chi connectivity index (χ0n) is 10.7. The first-order valence-corrected chi connectivity index (χ1v) is 6.46. The Morgan fingerprint density at radius 1 is 1.39 bits per heavy atom. The van der Waals surface area contributed by atoms with E-state index in [1.807, 2.05) is 13.8 Å². The molecule has 0 spiro atoms. The molecular formula is C14H19F2NO. The van der Waals surface area contributed by atoms with Crippen molar-refractivity contribution in [1.82, 2.24) is 5.32 Å². The van der Waals surface area contributed by atoms with Gasteiger partial charge in [0.1, 0.15) is 0 Å². The largest absolute Gasteiger partial charge is 0.373 e. The third-order valence-electron chi connectivity index (χ3n) is 3.38. The lowest BCUT2D eigenvalue weighted by atomic mass is 9.98. The number of likely N-dealkylation sites (N-methyl/N-ethyl adjacent to an activating group) is 1. The van der Waals surface area contributed by atoms with Crippen LogP contribution < -0.4 is 5.32 Å². The van der Waals surface area contributed by atoms with Gasteiger partial charge >= 0.3 is 0 Å². The predicted octanol–water partition coefficient (Wildman–Crippen LogP) is 3.18. The average Bonchev–Trinajstić information content (AvgIpc) is 2.77. The van der Waals surface area contributed by atoms with Gasteiger partial charge in [0.2, 0.25) is 0 Å². The molecule has 1 aliphatic heterocycles. The standard InChI is InChI=1S/C14H19F2NO/c1-3-17-14(12-8-7-9(2)18-12)10-5-4-6-11(15)13(10)16/h4-6,9,12,14,17H,3,7-8H2,1-2H3. The first-order valence-electron chi connectivity index (χ1n) is 6.46. The summed E-state index contributed by atoms with van der Waals surface area (Å²) >= 11 is 0. The first kappa shape index (κ1) is 13.4. The Labute approximate surface area is 106 Å². The van der Waals surface area contributed by atoms with Crippen LogP contribution in [0.2, 0.25) is 0 Å². The van der Waals surface area contributed by atoms with E-state index in [4.69, 9.17) is 4.74 Å². The molecule has 0 aromatic heterocycles. The van der Waals surface area contributed by atoms with Crippen LogP contribution >= 0.6 is 0 Å². The second-order valence-corrected chi connectivity index (χ2v) is 4.74. The summed E-state index contributed by atoms with van der Waals surface area (Å²) in [5, 5.41) is 3.20. The van der Waals surface area contributed by atoms with Crippen LogP contribution in [-0.4, -0.2) is 18.8 Å². The van der Waals surface area contributed by atoms with Gasteiger partial charge in [-0.2, -0.15) is 0 Å². The second kappa shape index (κ2) is 5.76. The Bertz CT molecular complexity index is 411. The second-order valence-electron chi connectivity index (χ2n) is 4.74. The molecule has 18 heavy (non-hydrogen) atoms. The SMILES string of the molecule is CCNC(c1cccc(F)c1F)C1CCC(C)O1. The molecule has 1 aromatic rings. The van der Waals surface area contributed by atoms with Gasteiger partial charge in [-0.3, -0.25) is 0 Å². The summed E-state index contributed by atoms with van der Waals surface area (Å²) in [6.45, 7) is 4.64. The third-order valence-corrected chi connectivity index (χ3v) is 3.38. The Morgan fingerprint density at radius 3 is 2.78 bits per heavy atom. The van der Waals surface area contributed by atoms with Crippen molar-refractivity contribution >= 4 is 0 Å².